The number of halogens is 3. The van der Waals surface area contributed by atoms with Crippen LogP contribution in [0.25, 0.3) is 0 Å². The Morgan fingerprint density at radius 3 is 2.50 bits per heavy atom. The summed E-state index contributed by atoms with van der Waals surface area (Å²) in [7, 11) is 0. The zero-order valence-electron chi connectivity index (χ0n) is 7.95. The maximum atomic E-state index is 10.0. The number of aliphatic hydroxyl groups is 1. The van der Waals surface area contributed by atoms with Crippen LogP contribution in [-0.4, -0.2) is 5.11 Å². The molecular weight excluding hydrogens is 315 g/mol. The van der Waals surface area contributed by atoms with Crippen LogP contribution in [0.15, 0.2) is 39.4 Å². The van der Waals surface area contributed by atoms with Gasteiger partial charge in [-0.2, -0.15) is 0 Å². The van der Waals surface area contributed by atoms with E-state index in [-0.39, 0.29) is 0 Å². The van der Waals surface area contributed by atoms with Crippen molar-refractivity contribution in [1.29, 1.82) is 0 Å². The highest BCUT2D eigenvalue weighted by molar-refractivity contribution is 9.10. The van der Waals surface area contributed by atoms with Crippen molar-refractivity contribution < 1.29 is 9.52 Å². The molecule has 1 atom stereocenters. The van der Waals surface area contributed by atoms with Gasteiger partial charge in [0.2, 0.25) is 0 Å². The van der Waals surface area contributed by atoms with Gasteiger partial charge in [-0.25, -0.2) is 0 Å². The predicted molar refractivity (Wildman–Crippen MR) is 66.9 cm³/mol. The van der Waals surface area contributed by atoms with Crippen LogP contribution >= 0.6 is 39.1 Å². The first-order valence-electron chi connectivity index (χ1n) is 4.46. The van der Waals surface area contributed by atoms with Crippen LogP contribution in [0, 0.1) is 0 Å². The van der Waals surface area contributed by atoms with Crippen LogP contribution in [0.3, 0.4) is 0 Å². The number of hydrogen-bond acceptors (Lipinski definition) is 2. The molecule has 5 heteroatoms. The summed E-state index contributed by atoms with van der Waals surface area (Å²) in [5.41, 5.74) is 0.563. The molecule has 2 aromatic rings. The molecule has 0 amide bonds. The smallest absolute Gasteiger partial charge is 0.169 e. The number of furan rings is 1. The molecule has 1 aromatic carbocycles. The summed E-state index contributed by atoms with van der Waals surface area (Å²) in [6.07, 6.45) is -0.893. The Bertz CT molecular complexity index is 510. The molecule has 2 rings (SSSR count). The maximum Gasteiger partial charge on any atom is 0.169 e. The Labute approximate surface area is 111 Å². The molecule has 84 valence electrons. The molecule has 0 aliphatic rings. The quantitative estimate of drug-likeness (QED) is 0.887. The van der Waals surface area contributed by atoms with E-state index in [0.29, 0.717) is 26.0 Å². The number of aliphatic hydroxyl groups excluding tert-OH is 1. The average Bonchev–Trinajstić information content (AvgIpc) is 2.64. The normalized spacial score (nSPS) is 12.8. The van der Waals surface area contributed by atoms with Gasteiger partial charge in [0.05, 0.1) is 0 Å². The van der Waals surface area contributed by atoms with Gasteiger partial charge in [0, 0.05) is 15.6 Å². The molecule has 1 aromatic heterocycles. The second kappa shape index (κ2) is 4.80. The van der Waals surface area contributed by atoms with E-state index >= 15 is 0 Å². The molecule has 16 heavy (non-hydrogen) atoms. The third-order valence-electron chi connectivity index (χ3n) is 2.12. The van der Waals surface area contributed by atoms with Crippen molar-refractivity contribution in [1.82, 2.24) is 0 Å². The fraction of sp³-hybridized carbons (Fsp3) is 0.0909. The zero-order valence-corrected chi connectivity index (χ0v) is 11.1. The van der Waals surface area contributed by atoms with Crippen LogP contribution in [0.4, 0.5) is 0 Å². The summed E-state index contributed by atoms with van der Waals surface area (Å²) in [5.74, 6) is 0.427. The molecule has 1 N–H and O–H groups in total. The van der Waals surface area contributed by atoms with Crippen LogP contribution < -0.4 is 0 Å². The van der Waals surface area contributed by atoms with Crippen LogP contribution in [0.2, 0.25) is 10.0 Å². The van der Waals surface area contributed by atoms with Crippen molar-refractivity contribution in [2.24, 2.45) is 0 Å². The van der Waals surface area contributed by atoms with E-state index in [0.717, 1.165) is 0 Å². The highest BCUT2D eigenvalue weighted by atomic mass is 79.9. The molecule has 0 saturated carbocycles. The van der Waals surface area contributed by atoms with Crippen LogP contribution in [0.1, 0.15) is 17.4 Å². The highest BCUT2D eigenvalue weighted by Gasteiger charge is 2.17. The van der Waals surface area contributed by atoms with Gasteiger partial charge in [-0.1, -0.05) is 29.3 Å². The number of rotatable bonds is 2. The standard InChI is InChI=1S/C11H7BrCl2O2/c12-10-4-3-9(16-10)11(15)7-2-1-6(13)5-8(7)14/h1-5,11,15H. The Kier molecular flexibility index (Phi) is 3.60. The molecule has 0 radical (unpaired) electrons. The topological polar surface area (TPSA) is 33.4 Å². The third kappa shape index (κ3) is 2.43. The van der Waals surface area contributed by atoms with E-state index in [9.17, 15) is 5.11 Å². The first kappa shape index (κ1) is 12.0. The molecule has 0 saturated heterocycles. The summed E-state index contributed by atoms with van der Waals surface area (Å²) in [6.45, 7) is 0. The van der Waals surface area contributed by atoms with Gasteiger partial charge in [0.15, 0.2) is 4.67 Å². The molecule has 0 bridgehead atoms. The van der Waals surface area contributed by atoms with Gasteiger partial charge in [0.1, 0.15) is 11.9 Å². The van der Waals surface area contributed by atoms with Gasteiger partial charge in [0.25, 0.3) is 0 Å². The number of hydrogen-bond donors (Lipinski definition) is 1. The first-order valence-corrected chi connectivity index (χ1v) is 6.01. The lowest BCUT2D eigenvalue weighted by Crippen LogP contribution is -1.98. The van der Waals surface area contributed by atoms with E-state index in [1.807, 2.05) is 0 Å². The molecule has 2 nitrogen and oxygen atoms in total. The lowest BCUT2D eigenvalue weighted by molar-refractivity contribution is 0.188. The van der Waals surface area contributed by atoms with Gasteiger partial charge in [-0.15, -0.1) is 0 Å². The molecule has 1 heterocycles. The molecule has 0 aliphatic heterocycles. The van der Waals surface area contributed by atoms with Crippen molar-refractivity contribution in [2.75, 3.05) is 0 Å². The lowest BCUT2D eigenvalue weighted by Gasteiger charge is -2.10. The second-order valence-electron chi connectivity index (χ2n) is 3.21. The van der Waals surface area contributed by atoms with Crippen molar-refractivity contribution in [2.45, 2.75) is 6.10 Å². The minimum atomic E-state index is -0.893. The largest absolute Gasteiger partial charge is 0.451 e. The Morgan fingerprint density at radius 2 is 1.94 bits per heavy atom. The van der Waals surface area contributed by atoms with Crippen molar-refractivity contribution in [3.8, 4) is 0 Å². The molecule has 0 aliphatic carbocycles. The Morgan fingerprint density at radius 1 is 1.19 bits per heavy atom. The maximum absolute atomic E-state index is 10.0. The minimum absolute atomic E-state index is 0.410. The average molecular weight is 322 g/mol. The summed E-state index contributed by atoms with van der Waals surface area (Å²) in [5, 5.41) is 11.0. The van der Waals surface area contributed by atoms with Crippen molar-refractivity contribution >= 4 is 39.1 Å². The predicted octanol–water partition coefficient (Wildman–Crippen LogP) is 4.43. The van der Waals surface area contributed by atoms with Gasteiger partial charge in [-0.3, -0.25) is 0 Å². The van der Waals surface area contributed by atoms with E-state index in [4.69, 9.17) is 27.6 Å². The van der Waals surface area contributed by atoms with Gasteiger partial charge < -0.3 is 9.52 Å². The summed E-state index contributed by atoms with van der Waals surface area (Å²) in [6, 6.07) is 8.32. The van der Waals surface area contributed by atoms with Crippen molar-refractivity contribution in [3.63, 3.8) is 0 Å². The lowest BCUT2D eigenvalue weighted by atomic mass is 10.1. The van der Waals surface area contributed by atoms with E-state index in [2.05, 4.69) is 15.9 Å². The van der Waals surface area contributed by atoms with E-state index < -0.39 is 6.10 Å². The summed E-state index contributed by atoms with van der Waals surface area (Å²) < 4.78 is 5.82. The fourth-order valence-electron chi connectivity index (χ4n) is 1.35. The fourth-order valence-corrected chi connectivity index (χ4v) is 2.18. The zero-order chi connectivity index (χ0) is 11.7. The molecule has 0 fully saturated rings. The van der Waals surface area contributed by atoms with E-state index in [1.165, 1.54) is 0 Å². The summed E-state index contributed by atoms with van der Waals surface area (Å²) in [4.78, 5) is 0. The Balaban J connectivity index is 2.37. The van der Waals surface area contributed by atoms with Gasteiger partial charge in [-0.05, 0) is 40.2 Å². The SMILES string of the molecule is OC(c1ccc(Br)o1)c1ccc(Cl)cc1Cl. The monoisotopic (exact) mass is 320 g/mol. The van der Waals surface area contributed by atoms with Crippen LogP contribution in [0.5, 0.6) is 0 Å². The minimum Gasteiger partial charge on any atom is -0.451 e. The summed E-state index contributed by atoms with van der Waals surface area (Å²) >= 11 is 14.9. The molecule has 0 spiro atoms. The molecular formula is C11H7BrCl2O2. The number of benzene rings is 1. The van der Waals surface area contributed by atoms with Crippen molar-refractivity contribution in [3.05, 3.63) is 56.4 Å². The third-order valence-corrected chi connectivity index (χ3v) is 3.11. The van der Waals surface area contributed by atoms with Gasteiger partial charge >= 0.3 is 0 Å². The van der Waals surface area contributed by atoms with Crippen LogP contribution in [-0.2, 0) is 0 Å². The molecule has 1 unspecified atom stereocenters. The highest BCUT2D eigenvalue weighted by Crippen LogP contribution is 2.31. The second-order valence-corrected chi connectivity index (χ2v) is 4.84. The van der Waals surface area contributed by atoms with E-state index in [1.54, 1.807) is 30.3 Å². The first-order chi connectivity index (χ1) is 7.58. The Hall–Kier alpha value is -0.480.